The van der Waals surface area contributed by atoms with Crippen molar-refractivity contribution in [3.8, 4) is 11.4 Å². The summed E-state index contributed by atoms with van der Waals surface area (Å²) in [4.78, 5) is 7.24. The van der Waals surface area contributed by atoms with Gasteiger partial charge in [-0.25, -0.2) is 0 Å². The Balaban J connectivity index is 1.47. The average molecular weight is 478 g/mol. The second-order valence-electron chi connectivity index (χ2n) is 9.93. The second kappa shape index (κ2) is 6.89. The molecule has 5 aromatic rings. The van der Waals surface area contributed by atoms with E-state index >= 15 is 0 Å². The maximum atomic E-state index is 7.01. The fraction of sp³-hybridized carbons (Fsp3) is 0.167. The highest BCUT2D eigenvalue weighted by Gasteiger charge is 2.58. The van der Waals surface area contributed by atoms with Crippen molar-refractivity contribution in [3.05, 3.63) is 95.6 Å². The third kappa shape index (κ3) is 2.60. The van der Waals surface area contributed by atoms with Gasteiger partial charge in [0, 0.05) is 40.8 Å². The number of anilines is 1. The molecule has 0 amide bonds. The van der Waals surface area contributed by atoms with E-state index in [-0.39, 0.29) is 5.41 Å². The van der Waals surface area contributed by atoms with Gasteiger partial charge < -0.3 is 14.2 Å². The first-order valence-electron chi connectivity index (χ1n) is 11.8. The zero-order chi connectivity index (χ0) is 23.9. The SMILES string of the molecule is CN1c2ccc(Cl)cc2C(C)(C)C12C=Nc1c(cc(-n3ccc4ccccc43)c3ccccc13)O2. The summed E-state index contributed by atoms with van der Waals surface area (Å²) in [6.07, 6.45) is 4.10. The van der Waals surface area contributed by atoms with Gasteiger partial charge in [-0.05, 0) is 55.1 Å². The molecule has 2 aliphatic rings. The Kier molecular flexibility index (Phi) is 4.06. The number of halogens is 1. The molecule has 4 aromatic carbocycles. The van der Waals surface area contributed by atoms with Crippen LogP contribution in [0.3, 0.4) is 0 Å². The highest BCUT2D eigenvalue weighted by molar-refractivity contribution is 6.30. The first-order valence-corrected chi connectivity index (χ1v) is 12.2. The fourth-order valence-corrected chi connectivity index (χ4v) is 6.07. The number of ether oxygens (including phenoxy) is 1. The van der Waals surface area contributed by atoms with Crippen molar-refractivity contribution in [2.24, 2.45) is 4.99 Å². The number of aromatic nitrogens is 1. The van der Waals surface area contributed by atoms with E-state index in [0.717, 1.165) is 49.7 Å². The minimum atomic E-state index is -0.772. The predicted octanol–water partition coefficient (Wildman–Crippen LogP) is 7.66. The highest BCUT2D eigenvalue weighted by Crippen LogP contribution is 2.55. The van der Waals surface area contributed by atoms with Crippen molar-refractivity contribution < 1.29 is 4.74 Å². The summed E-state index contributed by atoms with van der Waals surface area (Å²) in [5, 5.41) is 4.14. The number of fused-ring (bicyclic) bond motifs is 5. The number of likely N-dealkylation sites (N-methyl/N-ethyl adjacent to an activating group) is 1. The molecule has 0 bridgehead atoms. The van der Waals surface area contributed by atoms with Crippen molar-refractivity contribution in [2.45, 2.75) is 25.0 Å². The topological polar surface area (TPSA) is 29.8 Å². The van der Waals surface area contributed by atoms with Gasteiger partial charge in [0.15, 0.2) is 5.75 Å². The lowest BCUT2D eigenvalue weighted by Crippen LogP contribution is -2.61. The molecule has 0 N–H and O–H groups in total. The molecule has 7 rings (SSSR count). The lowest BCUT2D eigenvalue weighted by atomic mass is 9.77. The molecule has 1 unspecified atom stereocenters. The van der Waals surface area contributed by atoms with E-state index in [4.69, 9.17) is 21.3 Å². The van der Waals surface area contributed by atoms with Gasteiger partial charge in [0.25, 0.3) is 0 Å². The maximum absolute atomic E-state index is 7.01. The van der Waals surface area contributed by atoms with Crippen molar-refractivity contribution in [1.29, 1.82) is 0 Å². The number of benzene rings is 4. The largest absolute Gasteiger partial charge is 0.459 e. The zero-order valence-electron chi connectivity index (χ0n) is 19.8. The molecule has 1 spiro atoms. The van der Waals surface area contributed by atoms with E-state index in [2.05, 4.69) is 103 Å². The maximum Gasteiger partial charge on any atom is 0.228 e. The Morgan fingerprint density at radius 3 is 2.49 bits per heavy atom. The van der Waals surface area contributed by atoms with E-state index < -0.39 is 5.72 Å². The van der Waals surface area contributed by atoms with Gasteiger partial charge in [-0.1, -0.05) is 54.1 Å². The molecule has 0 radical (unpaired) electrons. The smallest absolute Gasteiger partial charge is 0.228 e. The lowest BCUT2D eigenvalue weighted by molar-refractivity contribution is 0.0826. The van der Waals surface area contributed by atoms with Crippen LogP contribution >= 0.6 is 11.6 Å². The van der Waals surface area contributed by atoms with Crippen LogP contribution in [0, 0.1) is 0 Å². The summed E-state index contributed by atoms with van der Waals surface area (Å²) in [7, 11) is 2.07. The summed E-state index contributed by atoms with van der Waals surface area (Å²) < 4.78 is 9.25. The van der Waals surface area contributed by atoms with E-state index in [1.54, 1.807) is 0 Å². The fourth-order valence-electron chi connectivity index (χ4n) is 5.90. The summed E-state index contributed by atoms with van der Waals surface area (Å²) >= 11 is 6.40. The molecule has 3 heterocycles. The molecule has 1 atom stereocenters. The summed E-state index contributed by atoms with van der Waals surface area (Å²) in [6.45, 7) is 4.40. The van der Waals surface area contributed by atoms with Crippen molar-refractivity contribution in [2.75, 3.05) is 11.9 Å². The van der Waals surface area contributed by atoms with Gasteiger partial charge in [0.1, 0.15) is 5.69 Å². The molecule has 2 aliphatic heterocycles. The lowest BCUT2D eigenvalue weighted by Gasteiger charge is -2.45. The Labute approximate surface area is 209 Å². The summed E-state index contributed by atoms with van der Waals surface area (Å²) in [5.74, 6) is 0.776. The number of nitrogens with zero attached hydrogens (tertiary/aromatic N) is 3. The van der Waals surface area contributed by atoms with E-state index in [1.165, 1.54) is 5.39 Å². The molecule has 0 saturated heterocycles. The molecule has 5 heteroatoms. The van der Waals surface area contributed by atoms with Crippen LogP contribution in [0.4, 0.5) is 11.4 Å². The van der Waals surface area contributed by atoms with Crippen molar-refractivity contribution in [3.63, 3.8) is 0 Å². The Morgan fingerprint density at radius 1 is 0.857 bits per heavy atom. The van der Waals surface area contributed by atoms with Crippen molar-refractivity contribution in [1.82, 2.24) is 4.57 Å². The highest BCUT2D eigenvalue weighted by atomic mass is 35.5. The van der Waals surface area contributed by atoms with Gasteiger partial charge in [-0.2, -0.15) is 0 Å². The Bertz CT molecular complexity index is 1700. The number of hydrogen-bond donors (Lipinski definition) is 0. The third-order valence-electron chi connectivity index (χ3n) is 7.84. The van der Waals surface area contributed by atoms with E-state index in [0.29, 0.717) is 0 Å². The second-order valence-corrected chi connectivity index (χ2v) is 10.4. The van der Waals surface area contributed by atoms with Crippen molar-refractivity contribution >= 4 is 50.9 Å². The average Bonchev–Trinajstić information content (AvgIpc) is 3.36. The minimum absolute atomic E-state index is 0.380. The monoisotopic (exact) mass is 477 g/mol. The van der Waals surface area contributed by atoms with Gasteiger partial charge in [-0.15, -0.1) is 0 Å². The number of para-hydroxylation sites is 1. The van der Waals surface area contributed by atoms with Crippen LogP contribution in [0.5, 0.6) is 5.75 Å². The molecule has 0 aliphatic carbocycles. The van der Waals surface area contributed by atoms with Gasteiger partial charge in [0.05, 0.1) is 22.8 Å². The molecule has 0 fully saturated rings. The van der Waals surface area contributed by atoms with Crippen LogP contribution in [-0.2, 0) is 5.41 Å². The van der Waals surface area contributed by atoms with Crippen LogP contribution in [0.2, 0.25) is 5.02 Å². The van der Waals surface area contributed by atoms with Gasteiger partial charge in [-0.3, -0.25) is 4.99 Å². The number of rotatable bonds is 1. The van der Waals surface area contributed by atoms with Crippen LogP contribution in [0.15, 0.2) is 90.1 Å². The molecule has 0 saturated carbocycles. The van der Waals surface area contributed by atoms with Crippen LogP contribution < -0.4 is 9.64 Å². The predicted molar refractivity (Wildman–Crippen MR) is 145 cm³/mol. The van der Waals surface area contributed by atoms with E-state index in [9.17, 15) is 0 Å². The quantitative estimate of drug-likeness (QED) is 0.248. The molecule has 4 nitrogen and oxygen atoms in total. The molecular weight excluding hydrogens is 454 g/mol. The van der Waals surface area contributed by atoms with Crippen LogP contribution in [-0.4, -0.2) is 23.6 Å². The Morgan fingerprint density at radius 2 is 1.63 bits per heavy atom. The van der Waals surface area contributed by atoms with Gasteiger partial charge >= 0.3 is 0 Å². The zero-order valence-corrected chi connectivity index (χ0v) is 20.5. The normalized spacial score (nSPS) is 19.8. The minimum Gasteiger partial charge on any atom is -0.459 e. The molecule has 35 heavy (non-hydrogen) atoms. The summed E-state index contributed by atoms with van der Waals surface area (Å²) in [5.41, 5.74) is 4.20. The Hall–Kier alpha value is -3.76. The first kappa shape index (κ1) is 20.6. The van der Waals surface area contributed by atoms with E-state index in [1.807, 2.05) is 18.3 Å². The van der Waals surface area contributed by atoms with Crippen LogP contribution in [0.1, 0.15) is 19.4 Å². The third-order valence-corrected chi connectivity index (χ3v) is 8.07. The van der Waals surface area contributed by atoms with Crippen LogP contribution in [0.25, 0.3) is 27.4 Å². The molecule has 1 aromatic heterocycles. The van der Waals surface area contributed by atoms with Gasteiger partial charge in [0.2, 0.25) is 5.72 Å². The first-order chi connectivity index (χ1) is 16.9. The number of aliphatic imine (C=N–C) groups is 1. The standard InChI is InChI=1S/C30H24ClN3O/c1-29(2)23-16-20(31)12-13-25(23)33(3)30(29)18-32-28-22-10-6-5-9-21(22)26(17-27(28)35-30)34-15-14-19-8-4-7-11-24(19)34/h4-18H,1-3H3. The molecule has 172 valence electrons. The summed E-state index contributed by atoms with van der Waals surface area (Å²) in [6, 6.07) is 27.2. The number of hydrogen-bond acceptors (Lipinski definition) is 3. The molecular formula is C30H24ClN3O.